The highest BCUT2D eigenvalue weighted by Gasteiger charge is 2.23. The number of nitrogens with zero attached hydrogens (tertiary/aromatic N) is 3. The number of aromatic hydroxyl groups is 1. The van der Waals surface area contributed by atoms with Crippen molar-refractivity contribution in [2.75, 3.05) is 18.5 Å². The van der Waals surface area contributed by atoms with Crippen LogP contribution >= 0.6 is 0 Å². The molecule has 0 atom stereocenters. The number of amides is 1. The van der Waals surface area contributed by atoms with Crippen molar-refractivity contribution < 1.29 is 19.0 Å². The van der Waals surface area contributed by atoms with Crippen molar-refractivity contribution in [2.45, 2.75) is 6.04 Å². The van der Waals surface area contributed by atoms with Gasteiger partial charge in [0.25, 0.3) is 5.91 Å². The monoisotopic (exact) mass is 278 g/mol. The molecule has 0 saturated carbocycles. The van der Waals surface area contributed by atoms with Crippen LogP contribution in [-0.2, 0) is 4.74 Å². The molecule has 0 aliphatic carbocycles. The Balaban J connectivity index is 1.73. The van der Waals surface area contributed by atoms with Crippen LogP contribution < -0.4 is 5.32 Å². The van der Waals surface area contributed by atoms with Crippen molar-refractivity contribution in [3.63, 3.8) is 0 Å². The van der Waals surface area contributed by atoms with Gasteiger partial charge in [-0.3, -0.25) is 4.79 Å². The van der Waals surface area contributed by atoms with Gasteiger partial charge in [0.2, 0.25) is 0 Å². The van der Waals surface area contributed by atoms with E-state index in [1.54, 1.807) is 4.68 Å². The maximum atomic E-state index is 13.5. The lowest BCUT2D eigenvalue weighted by Crippen LogP contribution is -2.31. The fourth-order valence-corrected chi connectivity index (χ4v) is 1.73. The second kappa shape index (κ2) is 4.89. The summed E-state index contributed by atoms with van der Waals surface area (Å²) in [5, 5.41) is 19.0. The van der Waals surface area contributed by atoms with Gasteiger partial charge >= 0.3 is 0 Å². The topological polar surface area (TPSA) is 89.3 Å². The van der Waals surface area contributed by atoms with E-state index in [4.69, 9.17) is 9.84 Å². The highest BCUT2D eigenvalue weighted by atomic mass is 19.1. The van der Waals surface area contributed by atoms with Crippen molar-refractivity contribution in [2.24, 2.45) is 0 Å². The molecule has 2 N–H and O–H groups in total. The second-order valence-corrected chi connectivity index (χ2v) is 4.39. The van der Waals surface area contributed by atoms with Crippen LogP contribution in [0.25, 0.3) is 0 Å². The summed E-state index contributed by atoms with van der Waals surface area (Å²) in [5.41, 5.74) is 0.0544. The van der Waals surface area contributed by atoms with E-state index in [1.807, 2.05) is 0 Å². The average Bonchev–Trinajstić information content (AvgIpc) is 2.80. The zero-order valence-corrected chi connectivity index (χ0v) is 10.3. The molecule has 1 aromatic carbocycles. The van der Waals surface area contributed by atoms with Gasteiger partial charge in [0.1, 0.15) is 17.6 Å². The van der Waals surface area contributed by atoms with E-state index < -0.39 is 11.7 Å². The number of aromatic nitrogens is 3. The fourth-order valence-electron chi connectivity index (χ4n) is 1.73. The Kier molecular flexibility index (Phi) is 3.07. The van der Waals surface area contributed by atoms with E-state index in [2.05, 4.69) is 15.6 Å². The first-order chi connectivity index (χ1) is 9.63. The highest BCUT2D eigenvalue weighted by molar-refractivity contribution is 6.02. The third-order valence-electron chi connectivity index (χ3n) is 2.94. The predicted octanol–water partition coefficient (Wildman–Crippen LogP) is 0.946. The lowest BCUT2D eigenvalue weighted by molar-refractivity contribution is -0.0293. The summed E-state index contributed by atoms with van der Waals surface area (Å²) in [5.74, 6) is -1.50. The molecular formula is C12H11FN4O3. The molecule has 104 valence electrons. The first-order valence-electron chi connectivity index (χ1n) is 5.93. The minimum absolute atomic E-state index is 0.0330. The first-order valence-corrected chi connectivity index (χ1v) is 5.93. The quantitative estimate of drug-likeness (QED) is 0.816. The molecule has 2 aromatic rings. The standard InChI is InChI=1S/C12H11FN4O3/c13-9-3-8(18)1-2-10(9)14-12(19)11-4-17(16-15-11)7-5-20-6-7/h1-4,7,18H,5-6H2,(H,14,19). The summed E-state index contributed by atoms with van der Waals surface area (Å²) in [7, 11) is 0. The molecule has 7 nitrogen and oxygen atoms in total. The molecule has 1 aliphatic rings. The molecule has 3 rings (SSSR count). The van der Waals surface area contributed by atoms with Gasteiger partial charge < -0.3 is 15.2 Å². The summed E-state index contributed by atoms with van der Waals surface area (Å²) in [4.78, 5) is 11.9. The van der Waals surface area contributed by atoms with Crippen molar-refractivity contribution in [1.29, 1.82) is 0 Å². The molecule has 2 heterocycles. The zero-order valence-electron chi connectivity index (χ0n) is 10.3. The van der Waals surface area contributed by atoms with Gasteiger partial charge in [0.15, 0.2) is 5.69 Å². The number of rotatable bonds is 3. The number of ether oxygens (including phenoxy) is 1. The largest absolute Gasteiger partial charge is 0.508 e. The van der Waals surface area contributed by atoms with Crippen LogP contribution in [-0.4, -0.2) is 39.2 Å². The van der Waals surface area contributed by atoms with E-state index in [-0.39, 0.29) is 23.2 Å². The van der Waals surface area contributed by atoms with Crippen molar-refractivity contribution >= 4 is 11.6 Å². The van der Waals surface area contributed by atoms with Crippen LogP contribution in [0.3, 0.4) is 0 Å². The molecule has 0 spiro atoms. The van der Waals surface area contributed by atoms with Gasteiger partial charge in [-0.25, -0.2) is 9.07 Å². The Morgan fingerprint density at radius 1 is 1.50 bits per heavy atom. The number of nitrogens with one attached hydrogen (secondary N) is 1. The molecule has 1 amide bonds. The smallest absolute Gasteiger partial charge is 0.277 e. The summed E-state index contributed by atoms with van der Waals surface area (Å²) in [6, 6.07) is 3.56. The first kappa shape index (κ1) is 12.5. The fraction of sp³-hybridized carbons (Fsp3) is 0.250. The summed E-state index contributed by atoms with van der Waals surface area (Å²) in [6.07, 6.45) is 1.49. The van der Waals surface area contributed by atoms with Crippen molar-refractivity contribution in [1.82, 2.24) is 15.0 Å². The lowest BCUT2D eigenvalue weighted by atomic mass is 10.2. The Labute approximate surface area is 113 Å². The average molecular weight is 278 g/mol. The van der Waals surface area contributed by atoms with Crippen LogP contribution in [0.5, 0.6) is 5.75 Å². The number of phenolic OH excluding ortho intramolecular Hbond substituents is 1. The maximum absolute atomic E-state index is 13.5. The Morgan fingerprint density at radius 2 is 2.30 bits per heavy atom. The molecule has 1 aliphatic heterocycles. The number of carbonyl (C=O) groups is 1. The number of hydrogen-bond acceptors (Lipinski definition) is 5. The SMILES string of the molecule is O=C(Nc1ccc(O)cc1F)c1cn(C2COC2)nn1. The van der Waals surface area contributed by atoms with E-state index >= 15 is 0 Å². The number of hydrogen-bond donors (Lipinski definition) is 2. The Bertz CT molecular complexity index is 654. The van der Waals surface area contributed by atoms with E-state index in [1.165, 1.54) is 18.3 Å². The molecule has 1 saturated heterocycles. The Hall–Kier alpha value is -2.48. The van der Waals surface area contributed by atoms with E-state index in [0.29, 0.717) is 13.2 Å². The second-order valence-electron chi connectivity index (χ2n) is 4.39. The Morgan fingerprint density at radius 3 is 2.95 bits per heavy atom. The minimum Gasteiger partial charge on any atom is -0.508 e. The molecule has 0 bridgehead atoms. The van der Waals surface area contributed by atoms with Gasteiger partial charge in [0, 0.05) is 6.07 Å². The number of benzene rings is 1. The molecule has 8 heteroatoms. The molecule has 1 fully saturated rings. The third-order valence-corrected chi connectivity index (χ3v) is 2.94. The third kappa shape index (κ3) is 2.32. The zero-order chi connectivity index (χ0) is 14.1. The minimum atomic E-state index is -0.724. The van der Waals surface area contributed by atoms with Crippen LogP contribution in [0.2, 0.25) is 0 Å². The lowest BCUT2D eigenvalue weighted by Gasteiger charge is -2.25. The summed E-state index contributed by atoms with van der Waals surface area (Å²) < 4.78 is 20.1. The number of anilines is 1. The van der Waals surface area contributed by atoms with Gasteiger partial charge in [-0.15, -0.1) is 5.10 Å². The van der Waals surface area contributed by atoms with Gasteiger partial charge in [0.05, 0.1) is 25.1 Å². The van der Waals surface area contributed by atoms with Crippen LogP contribution in [0.1, 0.15) is 16.5 Å². The normalized spacial score (nSPS) is 14.8. The van der Waals surface area contributed by atoms with E-state index in [9.17, 15) is 9.18 Å². The van der Waals surface area contributed by atoms with Crippen LogP contribution in [0, 0.1) is 5.82 Å². The number of carbonyl (C=O) groups excluding carboxylic acids is 1. The van der Waals surface area contributed by atoms with Crippen LogP contribution in [0.15, 0.2) is 24.4 Å². The van der Waals surface area contributed by atoms with Crippen molar-refractivity contribution in [3.8, 4) is 5.75 Å². The maximum Gasteiger partial charge on any atom is 0.277 e. The predicted molar refractivity (Wildman–Crippen MR) is 65.9 cm³/mol. The summed E-state index contributed by atoms with van der Waals surface area (Å²) >= 11 is 0. The van der Waals surface area contributed by atoms with Gasteiger partial charge in [-0.2, -0.15) is 0 Å². The number of halogens is 1. The van der Waals surface area contributed by atoms with E-state index in [0.717, 1.165) is 6.07 Å². The van der Waals surface area contributed by atoms with Gasteiger partial charge in [-0.05, 0) is 12.1 Å². The molecule has 0 unspecified atom stereocenters. The highest BCUT2D eigenvalue weighted by Crippen LogP contribution is 2.20. The molecule has 0 radical (unpaired) electrons. The molecule has 1 aromatic heterocycles. The molecular weight excluding hydrogens is 267 g/mol. The van der Waals surface area contributed by atoms with Gasteiger partial charge in [-0.1, -0.05) is 5.21 Å². The summed E-state index contributed by atoms with van der Waals surface area (Å²) in [6.45, 7) is 1.08. The van der Waals surface area contributed by atoms with Crippen LogP contribution in [0.4, 0.5) is 10.1 Å². The molecule has 20 heavy (non-hydrogen) atoms. The number of phenols is 1. The van der Waals surface area contributed by atoms with Crippen molar-refractivity contribution in [3.05, 3.63) is 35.9 Å².